The van der Waals surface area contributed by atoms with Gasteiger partial charge in [-0.15, -0.1) is 0 Å². The molecule has 0 unspecified atom stereocenters. The molecular formula is C28H28N6O3. The molecule has 0 radical (unpaired) electrons. The Bertz CT molecular complexity index is 1480. The van der Waals surface area contributed by atoms with E-state index in [9.17, 15) is 10.1 Å². The smallest absolute Gasteiger partial charge is 0.325 e. The Balaban J connectivity index is 1.54. The van der Waals surface area contributed by atoms with Crippen molar-refractivity contribution in [3.63, 3.8) is 0 Å². The summed E-state index contributed by atoms with van der Waals surface area (Å²) in [4.78, 5) is 20.5. The first-order valence-corrected chi connectivity index (χ1v) is 12.3. The van der Waals surface area contributed by atoms with E-state index < -0.39 is 0 Å². The number of ether oxygens (including phenoxy) is 2. The fourth-order valence-corrected chi connectivity index (χ4v) is 4.51. The number of fused-ring (bicyclic) bond motifs is 1. The van der Waals surface area contributed by atoms with Crippen LogP contribution in [0.25, 0.3) is 22.2 Å². The number of hydrogen-bond acceptors (Lipinski definition) is 6. The predicted molar refractivity (Wildman–Crippen MR) is 141 cm³/mol. The number of nitrogens with zero attached hydrogens (tertiary/aromatic N) is 4. The largest absolute Gasteiger partial charge is 0.481 e. The van der Waals surface area contributed by atoms with Gasteiger partial charge in [-0.25, -0.2) is 9.78 Å². The third-order valence-corrected chi connectivity index (χ3v) is 6.39. The van der Waals surface area contributed by atoms with Crippen LogP contribution in [0.15, 0.2) is 54.7 Å². The molecule has 188 valence electrons. The van der Waals surface area contributed by atoms with E-state index in [0.29, 0.717) is 22.9 Å². The maximum absolute atomic E-state index is 12.1. The second kappa shape index (κ2) is 10.2. The lowest BCUT2D eigenvalue weighted by atomic mass is 9.92. The topological polar surface area (TPSA) is 114 Å². The van der Waals surface area contributed by atoms with Gasteiger partial charge in [0.2, 0.25) is 5.88 Å². The molecule has 0 bridgehead atoms. The highest BCUT2D eigenvalue weighted by Gasteiger charge is 2.28. The van der Waals surface area contributed by atoms with E-state index in [-0.39, 0.29) is 24.1 Å². The number of rotatable bonds is 7. The lowest BCUT2D eigenvalue weighted by Gasteiger charge is -2.30. The molecule has 0 spiro atoms. The van der Waals surface area contributed by atoms with Gasteiger partial charge in [-0.2, -0.15) is 10.2 Å². The summed E-state index contributed by atoms with van der Waals surface area (Å²) < 4.78 is 13.4. The quantitative estimate of drug-likeness (QED) is 0.323. The fraction of sp³-hybridized carbons (Fsp3) is 0.286. The van der Waals surface area contributed by atoms with Crippen molar-refractivity contribution in [2.75, 3.05) is 12.4 Å². The molecule has 1 fully saturated rings. The van der Waals surface area contributed by atoms with Gasteiger partial charge in [0, 0.05) is 41.5 Å². The first-order valence-electron chi connectivity index (χ1n) is 12.3. The van der Waals surface area contributed by atoms with E-state index in [1.54, 1.807) is 12.3 Å². The molecule has 2 amide bonds. The predicted octanol–water partition coefficient (Wildman–Crippen LogP) is 6.03. The number of nitriles is 1. The number of methoxy groups -OCH3 is 1. The monoisotopic (exact) mass is 496 g/mol. The first-order chi connectivity index (χ1) is 18.0. The summed E-state index contributed by atoms with van der Waals surface area (Å²) in [5, 5.41) is 16.7. The lowest BCUT2D eigenvalue weighted by Crippen LogP contribution is -2.34. The number of nitrogens with one attached hydrogen (secondary N) is 2. The Morgan fingerprint density at radius 3 is 2.59 bits per heavy atom. The number of urea groups is 1. The second-order valence-corrected chi connectivity index (χ2v) is 9.28. The Morgan fingerprint density at radius 2 is 1.95 bits per heavy atom. The summed E-state index contributed by atoms with van der Waals surface area (Å²) in [7, 11) is 1.54. The SMILES string of the molecule is COc1ccnc(Oc2ccc3c(C#N)c(-c4ccc(NC(=O)NC(C)C)cc4)n(C4CCC4)c3c2)n1. The molecule has 9 nitrogen and oxygen atoms in total. The van der Waals surface area contributed by atoms with Crippen LogP contribution in [0.4, 0.5) is 10.5 Å². The van der Waals surface area contributed by atoms with E-state index in [1.807, 2.05) is 56.3 Å². The number of amides is 2. The van der Waals surface area contributed by atoms with Gasteiger partial charge >= 0.3 is 12.0 Å². The molecule has 1 aliphatic rings. The van der Waals surface area contributed by atoms with Crippen LogP contribution in [0, 0.1) is 11.3 Å². The minimum atomic E-state index is -0.253. The second-order valence-electron chi connectivity index (χ2n) is 9.28. The van der Waals surface area contributed by atoms with Crippen molar-refractivity contribution >= 4 is 22.6 Å². The van der Waals surface area contributed by atoms with Gasteiger partial charge in [0.15, 0.2) is 0 Å². The van der Waals surface area contributed by atoms with Gasteiger partial charge in [-0.1, -0.05) is 12.1 Å². The van der Waals surface area contributed by atoms with Crippen molar-refractivity contribution in [1.29, 1.82) is 5.26 Å². The highest BCUT2D eigenvalue weighted by molar-refractivity contribution is 5.96. The van der Waals surface area contributed by atoms with E-state index in [0.717, 1.165) is 41.4 Å². The number of aromatic nitrogens is 3. The van der Waals surface area contributed by atoms with Crippen molar-refractivity contribution in [2.24, 2.45) is 0 Å². The molecule has 9 heteroatoms. The number of anilines is 1. The van der Waals surface area contributed by atoms with Crippen LogP contribution >= 0.6 is 0 Å². The van der Waals surface area contributed by atoms with Crippen molar-refractivity contribution in [1.82, 2.24) is 19.9 Å². The summed E-state index contributed by atoms with van der Waals surface area (Å²) in [6.45, 7) is 3.82. The highest BCUT2D eigenvalue weighted by Crippen LogP contribution is 2.43. The molecule has 0 aliphatic heterocycles. The first kappa shape index (κ1) is 24.1. The third kappa shape index (κ3) is 4.91. The van der Waals surface area contributed by atoms with Crippen LogP contribution in [0.3, 0.4) is 0 Å². The van der Waals surface area contributed by atoms with Crippen LogP contribution in [-0.2, 0) is 0 Å². The van der Waals surface area contributed by atoms with Crippen LogP contribution in [0.2, 0.25) is 0 Å². The van der Waals surface area contributed by atoms with Crippen molar-refractivity contribution < 1.29 is 14.3 Å². The summed E-state index contributed by atoms with van der Waals surface area (Å²) >= 11 is 0. The van der Waals surface area contributed by atoms with Gasteiger partial charge in [0.25, 0.3) is 0 Å². The molecule has 0 atom stereocenters. The van der Waals surface area contributed by atoms with Gasteiger partial charge in [-0.05, 0) is 62.9 Å². The Labute approximate surface area is 215 Å². The van der Waals surface area contributed by atoms with Crippen molar-refractivity contribution in [3.8, 4) is 35.0 Å². The number of carbonyl (C=O) groups is 1. The minimum Gasteiger partial charge on any atom is -0.481 e. The van der Waals surface area contributed by atoms with Crippen LogP contribution in [0.5, 0.6) is 17.6 Å². The fourth-order valence-electron chi connectivity index (χ4n) is 4.51. The van der Waals surface area contributed by atoms with Gasteiger partial charge in [0.1, 0.15) is 11.8 Å². The molecule has 0 saturated heterocycles. The summed E-state index contributed by atoms with van der Waals surface area (Å²) in [6.07, 6.45) is 4.81. The summed E-state index contributed by atoms with van der Waals surface area (Å²) in [5.41, 5.74) is 4.00. The molecule has 2 heterocycles. The van der Waals surface area contributed by atoms with Gasteiger partial charge in [-0.3, -0.25) is 0 Å². The average molecular weight is 497 g/mol. The number of carbonyl (C=O) groups excluding carboxylic acids is 1. The molecule has 4 aromatic rings. The zero-order valence-electron chi connectivity index (χ0n) is 21.0. The lowest BCUT2D eigenvalue weighted by molar-refractivity contribution is 0.250. The third-order valence-electron chi connectivity index (χ3n) is 6.39. The maximum atomic E-state index is 12.1. The van der Waals surface area contributed by atoms with E-state index in [4.69, 9.17) is 9.47 Å². The summed E-state index contributed by atoms with van der Waals surface area (Å²) in [6, 6.07) is 17.6. The Morgan fingerprint density at radius 1 is 1.16 bits per heavy atom. The molecule has 5 rings (SSSR count). The maximum Gasteiger partial charge on any atom is 0.325 e. The summed E-state index contributed by atoms with van der Waals surface area (Å²) in [5.74, 6) is 0.989. The number of benzene rings is 2. The van der Waals surface area contributed by atoms with E-state index >= 15 is 0 Å². The zero-order chi connectivity index (χ0) is 25.9. The van der Waals surface area contributed by atoms with Crippen molar-refractivity contribution in [2.45, 2.75) is 45.2 Å². The minimum absolute atomic E-state index is 0.0417. The standard InChI is InChI=1S/C28H28N6O3/c1-17(2)31-27(35)32-19-9-7-18(8-10-19)26-23(16-29)22-12-11-21(15-24(22)34(26)20-5-4-6-20)37-28-30-14-13-25(33-28)36-3/h7-15,17,20H,4-6H2,1-3H3,(H2,31,32,35). The highest BCUT2D eigenvalue weighted by atomic mass is 16.5. The van der Waals surface area contributed by atoms with Crippen LogP contribution < -0.4 is 20.1 Å². The Hall–Kier alpha value is -4.58. The normalized spacial score (nSPS) is 13.2. The van der Waals surface area contributed by atoms with Gasteiger partial charge in [0.05, 0.1) is 23.9 Å². The van der Waals surface area contributed by atoms with Crippen molar-refractivity contribution in [3.05, 3.63) is 60.3 Å². The molecule has 2 aromatic carbocycles. The van der Waals surface area contributed by atoms with Crippen LogP contribution in [-0.4, -0.2) is 33.7 Å². The zero-order valence-corrected chi connectivity index (χ0v) is 21.0. The molecular weight excluding hydrogens is 468 g/mol. The Kier molecular flexibility index (Phi) is 6.64. The van der Waals surface area contributed by atoms with E-state index in [1.165, 1.54) is 7.11 Å². The molecule has 1 aliphatic carbocycles. The van der Waals surface area contributed by atoms with Crippen LogP contribution in [0.1, 0.15) is 44.7 Å². The molecule has 37 heavy (non-hydrogen) atoms. The molecule has 1 saturated carbocycles. The molecule has 2 aromatic heterocycles. The van der Waals surface area contributed by atoms with E-state index in [2.05, 4.69) is 31.2 Å². The molecule has 2 N–H and O–H groups in total. The van der Waals surface area contributed by atoms with Gasteiger partial charge < -0.3 is 24.7 Å². The average Bonchev–Trinajstić information content (AvgIpc) is 3.16. The number of hydrogen-bond donors (Lipinski definition) is 2.